The number of nitrogens with two attached hydrogens (primary N) is 1. The topological polar surface area (TPSA) is 113 Å². The molecule has 0 radical (unpaired) electrons. The summed E-state index contributed by atoms with van der Waals surface area (Å²) < 4.78 is 14.3. The lowest BCUT2D eigenvalue weighted by Crippen LogP contribution is -2.43. The molecule has 1 amide bonds. The Morgan fingerprint density at radius 1 is 1.09 bits per heavy atom. The second-order valence-electron chi connectivity index (χ2n) is 7.31. The molecular weight excluding hydrogens is 413 g/mol. The first-order chi connectivity index (χ1) is 15.4. The van der Waals surface area contributed by atoms with Crippen molar-refractivity contribution in [2.45, 2.75) is 19.9 Å². The predicted octanol–water partition coefficient (Wildman–Crippen LogP) is 1.49. The van der Waals surface area contributed by atoms with Crippen LogP contribution in [0.15, 0.2) is 64.2 Å². The minimum absolute atomic E-state index is 0.00330. The van der Waals surface area contributed by atoms with E-state index in [1.165, 1.54) is 21.6 Å². The van der Waals surface area contributed by atoms with Gasteiger partial charge in [0.05, 0.1) is 13.1 Å². The van der Waals surface area contributed by atoms with Gasteiger partial charge in [0.15, 0.2) is 0 Å². The summed E-state index contributed by atoms with van der Waals surface area (Å²) in [5.74, 6) is -0.607. The summed E-state index contributed by atoms with van der Waals surface area (Å²) in [7, 11) is 0. The van der Waals surface area contributed by atoms with Gasteiger partial charge in [0.25, 0.3) is 5.56 Å². The van der Waals surface area contributed by atoms with Crippen LogP contribution in [-0.4, -0.2) is 35.1 Å². The number of carbonyl (C=O) groups excluding carboxylic acids is 1. The van der Waals surface area contributed by atoms with E-state index >= 15 is 0 Å². The third kappa shape index (κ3) is 5.63. The van der Waals surface area contributed by atoms with Crippen molar-refractivity contribution in [2.24, 2.45) is 0 Å². The Morgan fingerprint density at radius 3 is 2.44 bits per heavy atom. The molecule has 0 aliphatic rings. The molecule has 1 aromatic heterocycles. The first-order valence-corrected chi connectivity index (χ1v) is 10.3. The lowest BCUT2D eigenvalue weighted by Gasteiger charge is -2.24. The van der Waals surface area contributed by atoms with E-state index in [-0.39, 0.29) is 36.3 Å². The molecule has 4 N–H and O–H groups in total. The van der Waals surface area contributed by atoms with Crippen molar-refractivity contribution in [3.63, 3.8) is 0 Å². The number of benzene rings is 2. The summed E-state index contributed by atoms with van der Waals surface area (Å²) >= 11 is 0. The predicted molar refractivity (Wildman–Crippen MR) is 122 cm³/mol. The van der Waals surface area contributed by atoms with Gasteiger partial charge in [-0.25, -0.2) is 9.18 Å². The minimum atomic E-state index is -0.641. The molecule has 0 aliphatic carbocycles. The molecule has 1 heterocycles. The summed E-state index contributed by atoms with van der Waals surface area (Å²) in [6, 6.07) is 15.3. The van der Waals surface area contributed by atoms with E-state index < -0.39 is 11.2 Å². The number of hydrogen-bond donors (Lipinski definition) is 3. The summed E-state index contributed by atoms with van der Waals surface area (Å²) in [4.78, 5) is 41.2. The Balaban J connectivity index is 1.72. The monoisotopic (exact) mass is 439 g/mol. The van der Waals surface area contributed by atoms with Gasteiger partial charge in [0.2, 0.25) is 5.91 Å². The number of nitrogens with zero attached hydrogens (tertiary/aromatic N) is 2. The Bertz CT molecular complexity index is 1170. The van der Waals surface area contributed by atoms with Crippen LogP contribution in [0.4, 0.5) is 15.9 Å². The zero-order valence-corrected chi connectivity index (χ0v) is 17.8. The molecule has 0 atom stereocenters. The molecule has 0 aliphatic heterocycles. The van der Waals surface area contributed by atoms with Gasteiger partial charge < -0.3 is 16.0 Å². The second-order valence-corrected chi connectivity index (χ2v) is 7.31. The van der Waals surface area contributed by atoms with Gasteiger partial charge in [-0.05, 0) is 36.6 Å². The van der Waals surface area contributed by atoms with Gasteiger partial charge >= 0.3 is 5.69 Å². The van der Waals surface area contributed by atoms with Crippen LogP contribution >= 0.6 is 0 Å². The van der Waals surface area contributed by atoms with Crippen LogP contribution in [0.3, 0.4) is 0 Å². The van der Waals surface area contributed by atoms with Crippen LogP contribution in [0.5, 0.6) is 0 Å². The fourth-order valence-electron chi connectivity index (χ4n) is 3.38. The first kappa shape index (κ1) is 22.8. The van der Waals surface area contributed by atoms with Crippen molar-refractivity contribution >= 4 is 17.4 Å². The molecule has 8 nitrogen and oxygen atoms in total. The summed E-state index contributed by atoms with van der Waals surface area (Å²) in [6.07, 6.45) is 0.544. The van der Waals surface area contributed by atoms with Gasteiger partial charge in [-0.15, -0.1) is 0 Å². The molecule has 0 saturated carbocycles. The van der Waals surface area contributed by atoms with E-state index in [2.05, 4.69) is 10.3 Å². The highest BCUT2D eigenvalue weighted by molar-refractivity contribution is 5.82. The Kier molecular flexibility index (Phi) is 7.43. The quantitative estimate of drug-likeness (QED) is 0.468. The number of rotatable bonds is 9. The number of aromatic nitrogens is 2. The smallest absolute Gasteiger partial charge is 0.330 e. The molecule has 3 aromatic rings. The van der Waals surface area contributed by atoms with Gasteiger partial charge in [0.1, 0.15) is 17.3 Å². The molecule has 0 bridgehead atoms. The normalized spacial score (nSPS) is 10.7. The zero-order chi connectivity index (χ0) is 23.1. The molecule has 0 fully saturated rings. The second kappa shape index (κ2) is 10.4. The van der Waals surface area contributed by atoms with Gasteiger partial charge in [-0.2, -0.15) is 0 Å². The van der Waals surface area contributed by atoms with E-state index in [0.29, 0.717) is 19.5 Å². The van der Waals surface area contributed by atoms with E-state index in [4.69, 9.17) is 5.73 Å². The number of halogens is 1. The number of anilines is 2. The Hall–Kier alpha value is -3.88. The van der Waals surface area contributed by atoms with Crippen LogP contribution in [0, 0.1) is 5.82 Å². The average Bonchev–Trinajstić information content (AvgIpc) is 2.78. The zero-order valence-electron chi connectivity index (χ0n) is 17.8. The highest BCUT2D eigenvalue weighted by Crippen LogP contribution is 2.17. The molecule has 0 unspecified atom stereocenters. The number of hydrogen-bond acceptors (Lipinski definition) is 5. The minimum Gasteiger partial charge on any atom is -0.383 e. The highest BCUT2D eigenvalue weighted by Gasteiger charge is 2.20. The molecule has 32 heavy (non-hydrogen) atoms. The van der Waals surface area contributed by atoms with Gasteiger partial charge in [0, 0.05) is 13.1 Å². The highest BCUT2D eigenvalue weighted by atomic mass is 19.1. The summed E-state index contributed by atoms with van der Waals surface area (Å²) in [5, 5.41) is 2.79. The van der Waals surface area contributed by atoms with E-state index in [1.54, 1.807) is 19.1 Å². The summed E-state index contributed by atoms with van der Waals surface area (Å²) in [5.41, 5.74) is 6.78. The molecule has 0 saturated heterocycles. The molecule has 9 heteroatoms. The van der Waals surface area contributed by atoms with Crippen LogP contribution in [0.25, 0.3) is 0 Å². The number of likely N-dealkylation sites (N-methyl/N-ethyl adjacent to an activating group) is 1. The fraction of sp³-hybridized carbons (Fsp3) is 0.261. The molecule has 3 rings (SSSR count). The largest absolute Gasteiger partial charge is 0.383 e. The molecule has 168 valence electrons. The molecular formula is C23H26FN5O3. The lowest BCUT2D eigenvalue weighted by molar-refractivity contribution is -0.119. The number of aromatic amines is 1. The Labute approximate surface area is 184 Å². The van der Waals surface area contributed by atoms with E-state index in [0.717, 1.165) is 11.1 Å². The van der Waals surface area contributed by atoms with Crippen molar-refractivity contribution < 1.29 is 9.18 Å². The van der Waals surface area contributed by atoms with Crippen LogP contribution < -0.4 is 27.2 Å². The van der Waals surface area contributed by atoms with Crippen molar-refractivity contribution in [1.82, 2.24) is 14.9 Å². The number of nitrogens with one attached hydrogen (secondary N) is 2. The molecule has 2 aromatic carbocycles. The maximum Gasteiger partial charge on any atom is 0.330 e. The van der Waals surface area contributed by atoms with E-state index in [1.807, 2.05) is 30.3 Å². The van der Waals surface area contributed by atoms with Crippen molar-refractivity contribution in [3.05, 3.63) is 92.4 Å². The average molecular weight is 439 g/mol. The standard InChI is InChI=1S/C23H26FN5O3/c1-2-28(15-19(30)26-13-12-16-8-10-18(24)11-9-16)20-21(25)29(23(32)27-22(20)31)14-17-6-4-3-5-7-17/h3-11H,2,12-15,25H2,1H3,(H,26,30)(H,27,31,32). The van der Waals surface area contributed by atoms with Crippen molar-refractivity contribution in [1.29, 1.82) is 0 Å². The van der Waals surface area contributed by atoms with Gasteiger partial charge in [-0.3, -0.25) is 19.1 Å². The van der Waals surface area contributed by atoms with Crippen molar-refractivity contribution in [2.75, 3.05) is 30.3 Å². The third-order valence-corrected chi connectivity index (χ3v) is 5.08. The number of nitrogen functional groups attached to an aromatic ring is 1. The van der Waals surface area contributed by atoms with Crippen LogP contribution in [0.2, 0.25) is 0 Å². The third-order valence-electron chi connectivity index (χ3n) is 5.08. The number of carbonyl (C=O) groups is 1. The lowest BCUT2D eigenvalue weighted by atomic mass is 10.1. The summed E-state index contributed by atoms with van der Waals surface area (Å²) in [6.45, 7) is 2.58. The van der Waals surface area contributed by atoms with Crippen LogP contribution in [0.1, 0.15) is 18.1 Å². The van der Waals surface area contributed by atoms with Crippen LogP contribution in [-0.2, 0) is 17.8 Å². The number of amides is 1. The maximum atomic E-state index is 13.0. The Morgan fingerprint density at radius 2 is 1.78 bits per heavy atom. The molecule has 0 spiro atoms. The SMILES string of the molecule is CCN(CC(=O)NCCc1ccc(F)cc1)c1c(N)n(Cc2ccccc2)c(=O)[nH]c1=O. The van der Waals surface area contributed by atoms with E-state index in [9.17, 15) is 18.8 Å². The van der Waals surface area contributed by atoms with Crippen molar-refractivity contribution in [3.8, 4) is 0 Å². The fourth-order valence-corrected chi connectivity index (χ4v) is 3.38. The first-order valence-electron chi connectivity index (χ1n) is 10.3. The van der Waals surface area contributed by atoms with Gasteiger partial charge in [-0.1, -0.05) is 42.5 Å². The maximum absolute atomic E-state index is 13.0. The number of H-pyrrole nitrogens is 1.